The van der Waals surface area contributed by atoms with Crippen molar-refractivity contribution in [2.75, 3.05) is 6.61 Å². The molecule has 1 heterocycles. The van der Waals surface area contributed by atoms with E-state index in [1.54, 1.807) is 18.2 Å². The number of H-pyrrole nitrogens is 1. The van der Waals surface area contributed by atoms with Gasteiger partial charge in [-0.2, -0.15) is 13.2 Å². The van der Waals surface area contributed by atoms with Crippen molar-refractivity contribution in [3.8, 4) is 5.75 Å². The van der Waals surface area contributed by atoms with Crippen LogP contribution < -0.4 is 4.74 Å². The highest BCUT2D eigenvalue weighted by molar-refractivity contribution is 6.09. The molecule has 1 aromatic carbocycles. The molecule has 114 valence electrons. The molecule has 0 aliphatic heterocycles. The molecule has 0 unspecified atom stereocenters. The highest BCUT2D eigenvalue weighted by atomic mass is 19.4. The smallest absolute Gasteiger partial charge is 0.389 e. The Morgan fingerprint density at radius 2 is 2.10 bits per heavy atom. The highest BCUT2D eigenvalue weighted by Crippen LogP contribution is 2.31. The number of benzene rings is 1. The minimum Gasteiger partial charge on any atom is -0.493 e. The van der Waals surface area contributed by atoms with E-state index in [-0.39, 0.29) is 5.56 Å². The molecule has 0 radical (unpaired) electrons. The Balaban J connectivity index is 2.29. The first kappa shape index (κ1) is 15.4. The van der Waals surface area contributed by atoms with Crippen LogP contribution in [0.2, 0.25) is 0 Å². The monoisotopic (exact) mass is 299 g/mol. The van der Waals surface area contributed by atoms with Crippen molar-refractivity contribution in [3.63, 3.8) is 0 Å². The Kier molecular flexibility index (Phi) is 4.55. The van der Waals surface area contributed by atoms with E-state index in [1.165, 1.54) is 6.20 Å². The van der Waals surface area contributed by atoms with Gasteiger partial charge in [-0.3, -0.25) is 4.79 Å². The second kappa shape index (κ2) is 6.20. The van der Waals surface area contributed by atoms with Crippen molar-refractivity contribution in [1.82, 2.24) is 4.98 Å². The Morgan fingerprint density at radius 3 is 2.76 bits per heavy atom. The average Bonchev–Trinajstić information content (AvgIpc) is 2.86. The topological polar surface area (TPSA) is 42.1 Å². The molecule has 21 heavy (non-hydrogen) atoms. The van der Waals surface area contributed by atoms with Crippen LogP contribution in [-0.4, -0.2) is 23.6 Å². The van der Waals surface area contributed by atoms with Crippen molar-refractivity contribution in [1.29, 1.82) is 0 Å². The number of alkyl halides is 3. The summed E-state index contributed by atoms with van der Waals surface area (Å²) in [7, 11) is 0. The number of carbonyl (C=O) groups excluding carboxylic acids is 1. The lowest BCUT2D eigenvalue weighted by molar-refractivity contribution is -0.133. The van der Waals surface area contributed by atoms with Crippen LogP contribution >= 0.6 is 0 Å². The molecular weight excluding hydrogens is 283 g/mol. The Morgan fingerprint density at radius 1 is 1.33 bits per heavy atom. The highest BCUT2D eigenvalue weighted by Gasteiger charge is 2.29. The van der Waals surface area contributed by atoms with E-state index in [2.05, 4.69) is 4.98 Å². The number of fused-ring (bicyclic) bond motifs is 1. The first-order valence-corrected chi connectivity index (χ1v) is 6.75. The second-order valence-corrected chi connectivity index (χ2v) is 4.77. The minimum atomic E-state index is -4.33. The molecule has 3 nitrogen and oxygen atoms in total. The summed E-state index contributed by atoms with van der Waals surface area (Å²) in [5.41, 5.74) is 0.930. The molecule has 0 fully saturated rings. The quantitative estimate of drug-likeness (QED) is 0.799. The molecule has 2 rings (SSSR count). The fraction of sp³-hybridized carbons (Fsp3) is 0.400. The van der Waals surface area contributed by atoms with Crippen LogP contribution in [-0.2, 0) is 0 Å². The van der Waals surface area contributed by atoms with Gasteiger partial charge in [-0.05, 0) is 18.6 Å². The SMILES string of the molecule is CCCOc1cccc2[nH]cc(C(=O)CCC(F)(F)F)c12. The van der Waals surface area contributed by atoms with Crippen molar-refractivity contribution in [3.05, 3.63) is 30.0 Å². The van der Waals surface area contributed by atoms with Crippen LogP contribution in [0.5, 0.6) is 5.75 Å². The number of halogens is 3. The summed E-state index contributed by atoms with van der Waals surface area (Å²) < 4.78 is 42.3. The zero-order valence-corrected chi connectivity index (χ0v) is 11.6. The van der Waals surface area contributed by atoms with Gasteiger partial charge in [0.25, 0.3) is 0 Å². The second-order valence-electron chi connectivity index (χ2n) is 4.77. The maximum absolute atomic E-state index is 12.2. The number of aromatic amines is 1. The molecule has 0 amide bonds. The zero-order chi connectivity index (χ0) is 15.5. The normalized spacial score (nSPS) is 11.8. The van der Waals surface area contributed by atoms with E-state index >= 15 is 0 Å². The van der Waals surface area contributed by atoms with Gasteiger partial charge in [0, 0.05) is 23.7 Å². The van der Waals surface area contributed by atoms with Crippen LogP contribution in [0.1, 0.15) is 36.5 Å². The number of aromatic nitrogens is 1. The lowest BCUT2D eigenvalue weighted by atomic mass is 10.0. The number of ether oxygens (including phenoxy) is 1. The van der Waals surface area contributed by atoms with E-state index in [0.717, 1.165) is 6.42 Å². The minimum absolute atomic E-state index is 0.251. The van der Waals surface area contributed by atoms with Gasteiger partial charge in [-0.25, -0.2) is 0 Å². The van der Waals surface area contributed by atoms with Gasteiger partial charge < -0.3 is 9.72 Å². The number of ketones is 1. The number of hydrogen-bond donors (Lipinski definition) is 1. The molecule has 0 saturated heterocycles. The molecule has 6 heteroatoms. The predicted octanol–water partition coefficient (Wildman–Crippen LogP) is 4.48. The third kappa shape index (κ3) is 3.77. The Labute approximate surface area is 120 Å². The third-order valence-corrected chi connectivity index (χ3v) is 3.07. The van der Waals surface area contributed by atoms with Crippen LogP contribution in [0.3, 0.4) is 0 Å². The van der Waals surface area contributed by atoms with Gasteiger partial charge in [-0.15, -0.1) is 0 Å². The first-order chi connectivity index (χ1) is 9.92. The van der Waals surface area contributed by atoms with Crippen molar-refractivity contribution in [2.24, 2.45) is 0 Å². The molecule has 0 atom stereocenters. The Hall–Kier alpha value is -1.98. The molecule has 0 spiro atoms. The van der Waals surface area contributed by atoms with Gasteiger partial charge >= 0.3 is 6.18 Å². The number of rotatable bonds is 6. The van der Waals surface area contributed by atoms with Crippen LogP contribution in [0.25, 0.3) is 10.9 Å². The Bertz CT molecular complexity index is 631. The molecule has 0 aliphatic carbocycles. The molecule has 0 bridgehead atoms. The van der Waals surface area contributed by atoms with Crippen LogP contribution in [0.15, 0.2) is 24.4 Å². The standard InChI is InChI=1S/C15H16F3NO2/c1-2-8-21-13-5-3-4-11-14(13)10(9-19-11)12(20)6-7-15(16,17)18/h3-5,9,19H,2,6-8H2,1H3. The molecule has 1 N–H and O–H groups in total. The van der Waals surface area contributed by atoms with E-state index in [9.17, 15) is 18.0 Å². The molecule has 0 saturated carbocycles. The molecule has 1 aromatic heterocycles. The van der Waals surface area contributed by atoms with Gasteiger partial charge in [0.2, 0.25) is 0 Å². The predicted molar refractivity (Wildman–Crippen MR) is 73.7 cm³/mol. The number of hydrogen-bond acceptors (Lipinski definition) is 2. The summed E-state index contributed by atoms with van der Waals surface area (Å²) in [4.78, 5) is 14.9. The number of nitrogens with one attached hydrogen (secondary N) is 1. The fourth-order valence-corrected chi connectivity index (χ4v) is 2.09. The summed E-state index contributed by atoms with van der Waals surface area (Å²) in [5, 5.41) is 0.554. The fourth-order valence-electron chi connectivity index (χ4n) is 2.09. The van der Waals surface area contributed by atoms with E-state index in [0.29, 0.717) is 23.3 Å². The summed E-state index contributed by atoms with van der Waals surface area (Å²) in [5.74, 6) is -0.0166. The summed E-state index contributed by atoms with van der Waals surface area (Å²) in [6, 6.07) is 5.24. The van der Waals surface area contributed by atoms with Crippen molar-refractivity contribution < 1.29 is 22.7 Å². The van der Waals surface area contributed by atoms with E-state index < -0.39 is 24.8 Å². The van der Waals surface area contributed by atoms with E-state index in [1.807, 2.05) is 6.92 Å². The molecule has 0 aliphatic rings. The van der Waals surface area contributed by atoms with Gasteiger partial charge in [-0.1, -0.05) is 13.0 Å². The van der Waals surface area contributed by atoms with E-state index in [4.69, 9.17) is 4.74 Å². The van der Waals surface area contributed by atoms with Crippen LogP contribution in [0, 0.1) is 0 Å². The summed E-state index contributed by atoms with van der Waals surface area (Å²) in [6.07, 6.45) is -3.75. The first-order valence-electron chi connectivity index (χ1n) is 6.75. The van der Waals surface area contributed by atoms with Gasteiger partial charge in [0.1, 0.15) is 5.75 Å². The third-order valence-electron chi connectivity index (χ3n) is 3.07. The van der Waals surface area contributed by atoms with Crippen LogP contribution in [0.4, 0.5) is 13.2 Å². The van der Waals surface area contributed by atoms with Gasteiger partial charge in [0.15, 0.2) is 5.78 Å². The molecule has 2 aromatic rings. The lowest BCUT2D eigenvalue weighted by Gasteiger charge is -2.08. The molecular formula is C15H16F3NO2. The van der Waals surface area contributed by atoms with Crippen molar-refractivity contribution in [2.45, 2.75) is 32.4 Å². The van der Waals surface area contributed by atoms with Gasteiger partial charge in [0.05, 0.1) is 18.4 Å². The number of carbonyl (C=O) groups is 1. The lowest BCUT2D eigenvalue weighted by Crippen LogP contribution is -2.10. The largest absolute Gasteiger partial charge is 0.493 e. The average molecular weight is 299 g/mol. The number of Topliss-reactive ketones (excluding diaryl/α,β-unsaturated/α-hetero) is 1. The zero-order valence-electron chi connectivity index (χ0n) is 11.6. The maximum atomic E-state index is 12.2. The maximum Gasteiger partial charge on any atom is 0.389 e. The summed E-state index contributed by atoms with van der Waals surface area (Å²) >= 11 is 0. The van der Waals surface area contributed by atoms with Crippen molar-refractivity contribution >= 4 is 16.7 Å². The summed E-state index contributed by atoms with van der Waals surface area (Å²) in [6.45, 7) is 2.44.